The molecule has 28 heavy (non-hydrogen) atoms. The second kappa shape index (κ2) is 9.41. The van der Waals surface area contributed by atoms with Gasteiger partial charge in [0.05, 0.1) is 17.9 Å². The largest absolute Gasteiger partial charge is 0.496 e. The third-order valence-corrected chi connectivity index (χ3v) is 5.28. The molecule has 6 nitrogen and oxygen atoms in total. The first kappa shape index (κ1) is 19.9. The maximum Gasteiger partial charge on any atom is 0.277 e. The summed E-state index contributed by atoms with van der Waals surface area (Å²) in [5.41, 5.74) is 1.92. The van der Waals surface area contributed by atoms with Gasteiger partial charge in [0, 0.05) is 6.54 Å². The number of nitrogens with zero attached hydrogens (tertiary/aromatic N) is 2. The summed E-state index contributed by atoms with van der Waals surface area (Å²) in [5, 5.41) is 11.1. The summed E-state index contributed by atoms with van der Waals surface area (Å²) in [4.78, 5) is 12.4. The number of carbonyl (C=O) groups is 1. The highest BCUT2D eigenvalue weighted by Crippen LogP contribution is 2.31. The number of hydrogen-bond donors (Lipinski definition) is 1. The molecule has 2 aromatic carbocycles. The number of para-hydroxylation sites is 1. The maximum absolute atomic E-state index is 12.4. The van der Waals surface area contributed by atoms with E-state index >= 15 is 0 Å². The molecule has 1 N–H and O–H groups in total. The first-order chi connectivity index (χ1) is 13.6. The van der Waals surface area contributed by atoms with Crippen molar-refractivity contribution in [3.05, 3.63) is 60.2 Å². The minimum atomic E-state index is -0.353. The number of aromatic nitrogens is 2. The summed E-state index contributed by atoms with van der Waals surface area (Å²) in [5.74, 6) is 1.20. The number of benzene rings is 2. The number of methoxy groups -OCH3 is 1. The molecule has 0 aliphatic carbocycles. The molecular weight excluding hydrogens is 374 g/mol. The number of thioether (sulfide) groups is 1. The second-order valence-electron chi connectivity index (χ2n) is 6.39. The van der Waals surface area contributed by atoms with Crippen LogP contribution in [0.3, 0.4) is 0 Å². The normalized spacial score (nSPS) is 13.0. The van der Waals surface area contributed by atoms with Crippen LogP contribution in [0.4, 0.5) is 0 Å². The Balaban J connectivity index is 1.56. The monoisotopic (exact) mass is 397 g/mol. The fourth-order valence-electron chi connectivity index (χ4n) is 2.69. The average Bonchev–Trinajstić information content (AvgIpc) is 3.20. The molecule has 3 rings (SSSR count). The van der Waals surface area contributed by atoms with Gasteiger partial charge in [-0.2, -0.15) is 0 Å². The van der Waals surface area contributed by atoms with E-state index in [1.165, 1.54) is 17.3 Å². The summed E-state index contributed by atoms with van der Waals surface area (Å²) in [7, 11) is 1.59. The van der Waals surface area contributed by atoms with Crippen LogP contribution in [-0.2, 0) is 4.79 Å². The van der Waals surface area contributed by atoms with Gasteiger partial charge in [0.25, 0.3) is 11.1 Å². The molecule has 1 aromatic heterocycles. The van der Waals surface area contributed by atoms with E-state index in [1.807, 2.05) is 49.4 Å². The number of rotatable bonds is 8. The number of amides is 1. The Morgan fingerprint density at radius 1 is 1.11 bits per heavy atom. The molecule has 2 atom stereocenters. The average molecular weight is 398 g/mol. The summed E-state index contributed by atoms with van der Waals surface area (Å²) >= 11 is 1.23. The Morgan fingerprint density at radius 3 is 2.57 bits per heavy atom. The lowest BCUT2D eigenvalue weighted by Crippen LogP contribution is -2.33. The molecule has 0 radical (unpaired) electrons. The Kier molecular flexibility index (Phi) is 6.71. The van der Waals surface area contributed by atoms with Gasteiger partial charge in [0.15, 0.2) is 0 Å². The van der Waals surface area contributed by atoms with Gasteiger partial charge in [0.1, 0.15) is 5.75 Å². The van der Waals surface area contributed by atoms with E-state index in [1.54, 1.807) is 7.11 Å². The van der Waals surface area contributed by atoms with E-state index in [9.17, 15) is 4.79 Å². The number of carbonyl (C=O) groups excluding carboxylic acids is 1. The standard InChI is InChI=1S/C21H23N3O3S/c1-14(16-9-5-4-6-10-16)13-22-19(25)15(2)28-21-24-23-20(27-21)17-11-7-8-12-18(17)26-3/h4-12,14-15H,13H2,1-3H3,(H,22,25). The van der Waals surface area contributed by atoms with E-state index in [-0.39, 0.29) is 17.1 Å². The molecule has 0 saturated heterocycles. The third kappa shape index (κ3) is 4.92. The number of hydrogen-bond acceptors (Lipinski definition) is 6. The van der Waals surface area contributed by atoms with Crippen LogP contribution in [0.1, 0.15) is 25.3 Å². The van der Waals surface area contributed by atoms with Crippen LogP contribution < -0.4 is 10.1 Å². The quantitative estimate of drug-likeness (QED) is 0.576. The SMILES string of the molecule is COc1ccccc1-c1nnc(SC(C)C(=O)NCC(C)c2ccccc2)o1. The molecule has 1 amide bonds. The zero-order valence-electron chi connectivity index (χ0n) is 16.1. The van der Waals surface area contributed by atoms with Gasteiger partial charge < -0.3 is 14.5 Å². The molecular formula is C21H23N3O3S. The summed E-state index contributed by atoms with van der Waals surface area (Å²) in [6.45, 7) is 4.48. The molecule has 7 heteroatoms. The maximum atomic E-state index is 12.4. The van der Waals surface area contributed by atoms with E-state index in [0.29, 0.717) is 23.4 Å². The van der Waals surface area contributed by atoms with Crippen LogP contribution >= 0.6 is 11.8 Å². The zero-order chi connectivity index (χ0) is 19.9. The molecule has 146 valence electrons. The van der Waals surface area contributed by atoms with E-state index < -0.39 is 0 Å². The molecule has 0 bridgehead atoms. The minimum absolute atomic E-state index is 0.0650. The fourth-order valence-corrected chi connectivity index (χ4v) is 3.40. The van der Waals surface area contributed by atoms with E-state index in [0.717, 1.165) is 5.56 Å². The van der Waals surface area contributed by atoms with Crippen LogP contribution in [0.2, 0.25) is 0 Å². The van der Waals surface area contributed by atoms with Gasteiger partial charge in [0.2, 0.25) is 5.91 Å². The van der Waals surface area contributed by atoms with Crippen LogP contribution in [0.5, 0.6) is 5.75 Å². The molecule has 0 aliphatic rings. The fraction of sp³-hybridized carbons (Fsp3) is 0.286. The van der Waals surface area contributed by atoms with Gasteiger partial charge in [-0.15, -0.1) is 10.2 Å². The predicted molar refractivity (Wildman–Crippen MR) is 109 cm³/mol. The Labute approximate surface area is 168 Å². The summed E-state index contributed by atoms with van der Waals surface area (Å²) < 4.78 is 11.0. The first-order valence-corrected chi connectivity index (χ1v) is 9.92. The van der Waals surface area contributed by atoms with Gasteiger partial charge in [-0.05, 0) is 30.5 Å². The highest BCUT2D eigenvalue weighted by atomic mass is 32.2. The Morgan fingerprint density at radius 2 is 1.82 bits per heavy atom. The van der Waals surface area contributed by atoms with Crippen molar-refractivity contribution in [2.45, 2.75) is 30.2 Å². The van der Waals surface area contributed by atoms with Crippen molar-refractivity contribution in [2.75, 3.05) is 13.7 Å². The van der Waals surface area contributed by atoms with Crippen molar-refractivity contribution in [3.8, 4) is 17.2 Å². The van der Waals surface area contributed by atoms with Crippen LogP contribution in [-0.4, -0.2) is 35.0 Å². The lowest BCUT2D eigenvalue weighted by atomic mass is 10.0. The second-order valence-corrected chi connectivity index (χ2v) is 7.68. The van der Waals surface area contributed by atoms with E-state index in [4.69, 9.17) is 9.15 Å². The lowest BCUT2D eigenvalue weighted by molar-refractivity contribution is -0.120. The topological polar surface area (TPSA) is 77.2 Å². The molecule has 0 aliphatic heterocycles. The predicted octanol–water partition coefficient (Wildman–Crippen LogP) is 4.15. The molecule has 0 spiro atoms. The molecule has 2 unspecified atom stereocenters. The van der Waals surface area contributed by atoms with Gasteiger partial charge in [-0.25, -0.2) is 0 Å². The van der Waals surface area contributed by atoms with Crippen molar-refractivity contribution >= 4 is 17.7 Å². The van der Waals surface area contributed by atoms with Crippen molar-refractivity contribution in [3.63, 3.8) is 0 Å². The highest BCUT2D eigenvalue weighted by Gasteiger charge is 2.20. The van der Waals surface area contributed by atoms with E-state index in [2.05, 4.69) is 34.6 Å². The van der Waals surface area contributed by atoms with Crippen molar-refractivity contribution < 1.29 is 13.9 Å². The highest BCUT2D eigenvalue weighted by molar-refractivity contribution is 8.00. The van der Waals surface area contributed by atoms with Gasteiger partial charge in [-0.3, -0.25) is 4.79 Å². The summed E-state index contributed by atoms with van der Waals surface area (Å²) in [6.07, 6.45) is 0. The van der Waals surface area contributed by atoms with Crippen LogP contribution in [0.15, 0.2) is 64.2 Å². The van der Waals surface area contributed by atoms with Gasteiger partial charge in [-0.1, -0.05) is 61.2 Å². The van der Waals surface area contributed by atoms with Crippen LogP contribution in [0.25, 0.3) is 11.5 Å². The number of ether oxygens (including phenoxy) is 1. The third-order valence-electron chi connectivity index (χ3n) is 4.34. The molecule has 0 fully saturated rings. The van der Waals surface area contributed by atoms with Crippen molar-refractivity contribution in [1.29, 1.82) is 0 Å². The van der Waals surface area contributed by atoms with Crippen molar-refractivity contribution in [2.24, 2.45) is 0 Å². The Bertz CT molecular complexity index is 914. The number of nitrogens with one attached hydrogen (secondary N) is 1. The zero-order valence-corrected chi connectivity index (χ0v) is 16.9. The van der Waals surface area contributed by atoms with Gasteiger partial charge >= 0.3 is 0 Å². The lowest BCUT2D eigenvalue weighted by Gasteiger charge is -2.15. The first-order valence-electron chi connectivity index (χ1n) is 9.04. The molecule has 0 saturated carbocycles. The molecule has 1 heterocycles. The smallest absolute Gasteiger partial charge is 0.277 e. The van der Waals surface area contributed by atoms with Crippen molar-refractivity contribution in [1.82, 2.24) is 15.5 Å². The van der Waals surface area contributed by atoms with Crippen LogP contribution in [0, 0.1) is 0 Å². The Hall–Kier alpha value is -2.80. The molecule has 3 aromatic rings. The summed E-state index contributed by atoms with van der Waals surface area (Å²) in [6, 6.07) is 17.5. The minimum Gasteiger partial charge on any atom is -0.496 e.